The summed E-state index contributed by atoms with van der Waals surface area (Å²) < 4.78 is 3.98. The number of Topliss-reactive ketones (excluding diaryl/α,β-unsaturated/α-hetero) is 2. The lowest BCUT2D eigenvalue weighted by molar-refractivity contribution is -0.664. The molecule has 0 unspecified atom stereocenters. The maximum absolute atomic E-state index is 12.8. The number of hydrogen-bond acceptors (Lipinski definition) is 2. The molecular formula is C24H21BrN2O2. The molecule has 29 heavy (non-hydrogen) atoms. The van der Waals surface area contributed by atoms with E-state index in [1.54, 1.807) is 0 Å². The minimum Gasteiger partial charge on any atom is -1.00 e. The predicted octanol–water partition coefficient (Wildman–Crippen LogP) is 1.01. The normalized spacial score (nSPS) is 10.5. The average Bonchev–Trinajstić information content (AvgIpc) is 3.01. The summed E-state index contributed by atoms with van der Waals surface area (Å²) in [5.41, 5.74) is 3.27. The maximum atomic E-state index is 12.8. The minimum absolute atomic E-state index is 0. The molecule has 0 bridgehead atoms. The second kappa shape index (κ2) is 8.97. The van der Waals surface area contributed by atoms with Gasteiger partial charge in [-0.05, 0) is 12.1 Å². The molecular weight excluding hydrogens is 428 g/mol. The lowest BCUT2D eigenvalue weighted by Crippen LogP contribution is -3.00. The summed E-state index contributed by atoms with van der Waals surface area (Å²) in [7, 11) is 0. The van der Waals surface area contributed by atoms with E-state index >= 15 is 0 Å². The molecule has 0 aliphatic carbocycles. The molecule has 0 amide bonds. The van der Waals surface area contributed by atoms with Gasteiger partial charge in [-0.25, -0.2) is 9.13 Å². The lowest BCUT2D eigenvalue weighted by atomic mass is 10.1. The van der Waals surface area contributed by atoms with Gasteiger partial charge in [0.2, 0.25) is 11.6 Å². The first-order valence-corrected chi connectivity index (χ1v) is 9.29. The van der Waals surface area contributed by atoms with Crippen LogP contribution in [0.15, 0.2) is 84.9 Å². The molecule has 3 aromatic carbocycles. The number of aromatic nitrogens is 2. The van der Waals surface area contributed by atoms with Gasteiger partial charge < -0.3 is 17.0 Å². The molecule has 0 saturated heterocycles. The van der Waals surface area contributed by atoms with E-state index in [0.29, 0.717) is 11.1 Å². The SMILES string of the molecule is Cc1n(CC(=O)c2ccccc2)c2ccccc2[n+]1CC(=O)c1ccccc1.[Br-]. The molecule has 0 fully saturated rings. The summed E-state index contributed by atoms with van der Waals surface area (Å²) >= 11 is 0. The number of nitrogens with zero attached hydrogens (tertiary/aromatic N) is 2. The van der Waals surface area contributed by atoms with Crippen LogP contribution in [0.25, 0.3) is 11.0 Å². The van der Waals surface area contributed by atoms with Crippen molar-refractivity contribution in [3.8, 4) is 0 Å². The van der Waals surface area contributed by atoms with E-state index in [1.165, 1.54) is 0 Å². The van der Waals surface area contributed by atoms with Crippen LogP contribution in [0.1, 0.15) is 26.5 Å². The van der Waals surface area contributed by atoms with Gasteiger partial charge in [0.1, 0.15) is 0 Å². The summed E-state index contributed by atoms with van der Waals surface area (Å²) in [6, 6.07) is 26.5. The van der Waals surface area contributed by atoms with Crippen molar-refractivity contribution in [1.82, 2.24) is 4.57 Å². The molecule has 1 heterocycles. The van der Waals surface area contributed by atoms with Crippen molar-refractivity contribution in [2.75, 3.05) is 0 Å². The van der Waals surface area contributed by atoms with Crippen molar-refractivity contribution in [1.29, 1.82) is 0 Å². The number of halogens is 1. The third-order valence-electron chi connectivity index (χ3n) is 5.04. The van der Waals surface area contributed by atoms with Gasteiger partial charge >= 0.3 is 0 Å². The second-order valence-corrected chi connectivity index (χ2v) is 6.79. The Bertz CT molecular complexity index is 1060. The van der Waals surface area contributed by atoms with Crippen molar-refractivity contribution < 1.29 is 31.1 Å². The summed E-state index contributed by atoms with van der Waals surface area (Å²) in [5, 5.41) is 0. The average molecular weight is 449 g/mol. The Labute approximate surface area is 180 Å². The van der Waals surface area contributed by atoms with Gasteiger partial charge in [0.05, 0.1) is 0 Å². The molecule has 0 radical (unpaired) electrons. The van der Waals surface area contributed by atoms with E-state index in [9.17, 15) is 9.59 Å². The smallest absolute Gasteiger partial charge is 0.255 e. The highest BCUT2D eigenvalue weighted by atomic mass is 79.9. The van der Waals surface area contributed by atoms with Gasteiger partial charge in [-0.1, -0.05) is 72.8 Å². The zero-order chi connectivity index (χ0) is 19.5. The molecule has 0 N–H and O–H groups in total. The predicted molar refractivity (Wildman–Crippen MR) is 108 cm³/mol. The van der Waals surface area contributed by atoms with Crippen molar-refractivity contribution in [3.63, 3.8) is 0 Å². The van der Waals surface area contributed by atoms with Crippen LogP contribution in [0.3, 0.4) is 0 Å². The quantitative estimate of drug-likeness (QED) is 0.326. The number of carbonyl (C=O) groups excluding carboxylic acids is 2. The molecule has 0 aliphatic heterocycles. The molecule has 0 saturated carbocycles. The van der Waals surface area contributed by atoms with Crippen molar-refractivity contribution >= 4 is 22.6 Å². The van der Waals surface area contributed by atoms with E-state index in [1.807, 2.05) is 101 Å². The molecule has 1 aromatic heterocycles. The first-order chi connectivity index (χ1) is 13.6. The standard InChI is InChI=1S/C24H21N2O2.BrH/c1-18-25(16-23(27)19-10-4-2-5-11-19)21-14-8-9-15-22(21)26(18)17-24(28)20-12-6-3-7-13-20;/h2-15H,16-17H2,1H3;1H/q+1;/p-1. The highest BCUT2D eigenvalue weighted by molar-refractivity contribution is 5.97. The number of ketones is 2. The van der Waals surface area contributed by atoms with Gasteiger partial charge in [-0.3, -0.25) is 9.59 Å². The van der Waals surface area contributed by atoms with Gasteiger partial charge in [0.25, 0.3) is 5.82 Å². The second-order valence-electron chi connectivity index (χ2n) is 6.79. The summed E-state index contributed by atoms with van der Waals surface area (Å²) in [6.07, 6.45) is 0. The molecule has 4 nitrogen and oxygen atoms in total. The number of hydrogen-bond donors (Lipinski definition) is 0. The fourth-order valence-electron chi connectivity index (χ4n) is 3.53. The highest BCUT2D eigenvalue weighted by Crippen LogP contribution is 2.16. The number of benzene rings is 3. The monoisotopic (exact) mass is 448 g/mol. The number of rotatable bonds is 6. The Balaban J connectivity index is 0.00000240. The maximum Gasteiger partial charge on any atom is 0.255 e. The highest BCUT2D eigenvalue weighted by Gasteiger charge is 2.25. The van der Waals surface area contributed by atoms with Crippen LogP contribution < -0.4 is 21.5 Å². The van der Waals surface area contributed by atoms with Crippen LogP contribution in [0.5, 0.6) is 0 Å². The zero-order valence-electron chi connectivity index (χ0n) is 16.1. The van der Waals surface area contributed by atoms with E-state index in [0.717, 1.165) is 16.9 Å². The third-order valence-corrected chi connectivity index (χ3v) is 5.04. The molecule has 0 aliphatic rings. The van der Waals surface area contributed by atoms with Gasteiger partial charge in [0.15, 0.2) is 24.1 Å². The Morgan fingerprint density at radius 3 is 1.90 bits per heavy atom. The Morgan fingerprint density at radius 2 is 1.28 bits per heavy atom. The van der Waals surface area contributed by atoms with Gasteiger partial charge in [0, 0.05) is 18.1 Å². The van der Waals surface area contributed by atoms with Gasteiger partial charge in [-0.15, -0.1) is 0 Å². The van der Waals surface area contributed by atoms with E-state index < -0.39 is 0 Å². The van der Waals surface area contributed by atoms with E-state index in [4.69, 9.17) is 0 Å². The lowest BCUT2D eigenvalue weighted by Gasteiger charge is -2.02. The Hall–Kier alpha value is -3.05. The Kier molecular flexibility index (Phi) is 6.39. The Morgan fingerprint density at radius 1 is 0.759 bits per heavy atom. The largest absolute Gasteiger partial charge is 1.00 e. The topological polar surface area (TPSA) is 43.0 Å². The first-order valence-electron chi connectivity index (χ1n) is 9.29. The third kappa shape index (κ3) is 4.20. The van der Waals surface area contributed by atoms with Crippen LogP contribution in [-0.4, -0.2) is 16.1 Å². The van der Waals surface area contributed by atoms with Crippen molar-refractivity contribution in [3.05, 3.63) is 102 Å². The van der Waals surface area contributed by atoms with E-state index in [2.05, 4.69) is 0 Å². The fraction of sp³-hybridized carbons (Fsp3) is 0.125. The molecule has 4 rings (SSSR count). The molecule has 0 atom stereocenters. The van der Waals surface area contributed by atoms with Crippen molar-refractivity contribution in [2.24, 2.45) is 0 Å². The van der Waals surface area contributed by atoms with Crippen LogP contribution in [0.2, 0.25) is 0 Å². The van der Waals surface area contributed by atoms with Gasteiger partial charge in [-0.2, -0.15) is 0 Å². The summed E-state index contributed by atoms with van der Waals surface area (Å²) in [5.74, 6) is 0.978. The number of imidazole rings is 1. The van der Waals surface area contributed by atoms with Crippen LogP contribution in [0, 0.1) is 6.92 Å². The molecule has 5 heteroatoms. The molecule has 0 spiro atoms. The molecule has 146 valence electrons. The minimum atomic E-state index is 0. The van der Waals surface area contributed by atoms with Crippen LogP contribution >= 0.6 is 0 Å². The number of carbonyl (C=O) groups is 2. The van der Waals surface area contributed by atoms with E-state index in [-0.39, 0.29) is 41.6 Å². The zero-order valence-corrected chi connectivity index (χ0v) is 17.7. The number of para-hydroxylation sites is 2. The summed E-state index contributed by atoms with van der Waals surface area (Å²) in [6.45, 7) is 2.43. The van der Waals surface area contributed by atoms with Crippen molar-refractivity contribution in [2.45, 2.75) is 20.0 Å². The fourth-order valence-corrected chi connectivity index (χ4v) is 3.53. The first kappa shape index (κ1) is 20.7. The summed E-state index contributed by atoms with van der Waals surface area (Å²) in [4.78, 5) is 25.5. The number of fused-ring (bicyclic) bond motifs is 1. The van der Waals surface area contributed by atoms with Crippen LogP contribution in [0.4, 0.5) is 0 Å². The molecule has 4 aromatic rings. The van der Waals surface area contributed by atoms with Crippen LogP contribution in [-0.2, 0) is 13.1 Å².